The number of hydrogen-bond acceptors (Lipinski definition) is 4. The van der Waals surface area contributed by atoms with E-state index in [1.54, 1.807) is 23.2 Å². The van der Waals surface area contributed by atoms with Crippen LogP contribution in [0.25, 0.3) is 0 Å². The van der Waals surface area contributed by atoms with Gasteiger partial charge in [-0.25, -0.2) is 0 Å². The van der Waals surface area contributed by atoms with Gasteiger partial charge in [0.2, 0.25) is 0 Å². The summed E-state index contributed by atoms with van der Waals surface area (Å²) in [6.45, 7) is 2.54. The monoisotopic (exact) mass is 603 g/mol. The molecule has 4 rings (SSSR count). The van der Waals surface area contributed by atoms with Gasteiger partial charge in [0.1, 0.15) is 5.75 Å². The third kappa shape index (κ3) is 9.00. The maximum absolute atomic E-state index is 13.6. The molecule has 1 saturated heterocycles. The Morgan fingerprint density at radius 1 is 1.08 bits per heavy atom. The second-order valence-electron chi connectivity index (χ2n) is 9.20. The van der Waals surface area contributed by atoms with E-state index in [-0.39, 0.29) is 42.2 Å². The highest BCUT2D eigenvalue weighted by atomic mass is 35.5. The number of carbonyl (C=O) groups excluding carboxylic acids is 1. The van der Waals surface area contributed by atoms with Gasteiger partial charge in [-0.05, 0) is 73.3 Å². The maximum Gasteiger partial charge on any atom is 0.416 e. The van der Waals surface area contributed by atoms with Gasteiger partial charge in [0.05, 0.1) is 12.7 Å². The van der Waals surface area contributed by atoms with Crippen LogP contribution in [0.2, 0.25) is 5.02 Å². The molecule has 1 fully saturated rings. The predicted molar refractivity (Wildman–Crippen MR) is 151 cm³/mol. The predicted octanol–water partition coefficient (Wildman–Crippen LogP) is 6.61. The molecular weight excluding hydrogens is 574 g/mol. The molecule has 1 aliphatic rings. The lowest BCUT2D eigenvalue weighted by Gasteiger charge is -2.42. The number of rotatable bonds is 8. The van der Waals surface area contributed by atoms with E-state index in [9.17, 15) is 18.0 Å². The Morgan fingerprint density at radius 3 is 2.46 bits per heavy atom. The number of halogens is 6. The number of ether oxygens (including phenoxy) is 1. The summed E-state index contributed by atoms with van der Waals surface area (Å²) in [5.41, 5.74) is 1.25. The average molecular weight is 605 g/mol. The summed E-state index contributed by atoms with van der Waals surface area (Å²) in [5.74, 6) is -0.431. The Morgan fingerprint density at radius 2 is 1.82 bits per heavy atom. The summed E-state index contributed by atoms with van der Waals surface area (Å²) < 4.78 is 45.5. The smallest absolute Gasteiger partial charge is 0.416 e. The summed E-state index contributed by atoms with van der Waals surface area (Å²) in [6, 6.07) is 14.4. The third-order valence-corrected chi connectivity index (χ3v) is 6.84. The van der Waals surface area contributed by atoms with Crippen LogP contribution in [-0.4, -0.2) is 60.0 Å². The van der Waals surface area contributed by atoms with Crippen LogP contribution in [0, 0.1) is 0 Å². The number of methoxy groups -OCH3 is 1. The Labute approximate surface area is 244 Å². The van der Waals surface area contributed by atoms with Crippen molar-refractivity contribution in [1.82, 2.24) is 14.8 Å². The number of benzene rings is 2. The second kappa shape index (κ2) is 14.7. The Hall–Kier alpha value is -2.52. The van der Waals surface area contributed by atoms with Gasteiger partial charge in [0.15, 0.2) is 0 Å². The van der Waals surface area contributed by atoms with E-state index in [0.29, 0.717) is 31.1 Å². The highest BCUT2D eigenvalue weighted by Crippen LogP contribution is 2.33. The molecule has 1 aliphatic heterocycles. The highest BCUT2D eigenvalue weighted by Gasteiger charge is 2.35. The van der Waals surface area contributed by atoms with Gasteiger partial charge >= 0.3 is 6.18 Å². The number of amides is 1. The zero-order valence-corrected chi connectivity index (χ0v) is 23.8. The molecule has 3 aromatic rings. The lowest BCUT2D eigenvalue weighted by Crippen LogP contribution is -2.56. The van der Waals surface area contributed by atoms with Crippen molar-refractivity contribution in [2.24, 2.45) is 0 Å². The number of nitrogens with zero attached hydrogens (tertiary/aromatic N) is 3. The molecule has 5 nitrogen and oxygen atoms in total. The van der Waals surface area contributed by atoms with Crippen molar-refractivity contribution in [3.05, 3.63) is 94.3 Å². The first kappa shape index (κ1) is 32.7. The van der Waals surface area contributed by atoms with Crippen molar-refractivity contribution in [3.63, 3.8) is 0 Å². The quantitative estimate of drug-likeness (QED) is 0.290. The van der Waals surface area contributed by atoms with Gasteiger partial charge in [-0.3, -0.25) is 14.7 Å². The van der Waals surface area contributed by atoms with Gasteiger partial charge < -0.3 is 9.64 Å². The number of alkyl halides is 3. The highest BCUT2D eigenvalue weighted by molar-refractivity contribution is 6.30. The molecule has 0 radical (unpaired) electrons. The molecular formula is C28H31Cl3F3N3O2. The molecule has 11 heteroatoms. The fourth-order valence-corrected chi connectivity index (χ4v) is 4.81. The molecule has 0 saturated carbocycles. The third-order valence-electron chi connectivity index (χ3n) is 6.59. The normalized spacial score (nSPS) is 15.7. The standard InChI is InChI=1S/C28H29ClF3N3O2.2ClH/c1-37-26-16-22(15-23(17-26)28(30,31)32)27(36)35-13-12-34(11-3-5-21-4-2-10-33-18-21)19-25(35)14-20-6-8-24(29)9-7-20;;/h2,4,6-10,15-18,25H,3,5,11-14,19H2,1H3;2*1H/t25-;;/m1../s1. The van der Waals surface area contributed by atoms with Crippen LogP contribution in [0.15, 0.2) is 67.0 Å². The van der Waals surface area contributed by atoms with Crippen molar-refractivity contribution >= 4 is 42.3 Å². The van der Waals surface area contributed by atoms with Crippen LogP contribution in [0.4, 0.5) is 13.2 Å². The Kier molecular flexibility index (Phi) is 12.4. The molecule has 1 amide bonds. The van der Waals surface area contributed by atoms with Crippen LogP contribution in [0.3, 0.4) is 0 Å². The minimum Gasteiger partial charge on any atom is -0.497 e. The van der Waals surface area contributed by atoms with Gasteiger partial charge in [0, 0.05) is 48.7 Å². The van der Waals surface area contributed by atoms with Crippen LogP contribution in [0.1, 0.15) is 33.5 Å². The first-order chi connectivity index (χ1) is 17.7. The largest absolute Gasteiger partial charge is 0.497 e. The molecule has 212 valence electrons. The van der Waals surface area contributed by atoms with E-state index < -0.39 is 17.6 Å². The minimum absolute atomic E-state index is 0. The fourth-order valence-electron chi connectivity index (χ4n) is 4.68. The topological polar surface area (TPSA) is 45.7 Å². The van der Waals surface area contributed by atoms with Gasteiger partial charge in [-0.1, -0.05) is 29.8 Å². The van der Waals surface area contributed by atoms with E-state index in [1.807, 2.05) is 24.4 Å². The molecule has 39 heavy (non-hydrogen) atoms. The zero-order valence-electron chi connectivity index (χ0n) is 21.4. The molecule has 1 atom stereocenters. The minimum atomic E-state index is -4.58. The molecule has 2 aromatic carbocycles. The number of hydrogen-bond donors (Lipinski definition) is 0. The van der Waals surface area contributed by atoms with Crippen molar-refractivity contribution in [2.45, 2.75) is 31.5 Å². The summed E-state index contributed by atoms with van der Waals surface area (Å²) in [5, 5.41) is 0.619. The van der Waals surface area contributed by atoms with Crippen molar-refractivity contribution < 1.29 is 22.7 Å². The average Bonchev–Trinajstić information content (AvgIpc) is 2.89. The summed E-state index contributed by atoms with van der Waals surface area (Å²) in [6.07, 6.45) is 1.44. The van der Waals surface area contributed by atoms with Crippen molar-refractivity contribution in [3.8, 4) is 5.75 Å². The fraction of sp³-hybridized carbons (Fsp3) is 0.357. The number of aryl methyl sites for hydroxylation is 1. The lowest BCUT2D eigenvalue weighted by molar-refractivity contribution is -0.137. The van der Waals surface area contributed by atoms with Crippen LogP contribution < -0.4 is 4.74 Å². The molecule has 2 heterocycles. The second-order valence-corrected chi connectivity index (χ2v) is 9.63. The number of carbonyl (C=O) groups is 1. The van der Waals surface area contributed by atoms with Gasteiger partial charge in [-0.15, -0.1) is 24.8 Å². The number of piperazine rings is 1. The van der Waals surface area contributed by atoms with Gasteiger partial charge in [0.25, 0.3) is 5.91 Å². The molecule has 1 aromatic heterocycles. The lowest BCUT2D eigenvalue weighted by atomic mass is 9.99. The number of aromatic nitrogens is 1. The molecule has 0 unspecified atom stereocenters. The first-order valence-electron chi connectivity index (χ1n) is 12.2. The Bertz CT molecular complexity index is 1200. The van der Waals surface area contributed by atoms with E-state index in [4.69, 9.17) is 16.3 Å². The van der Waals surface area contributed by atoms with Gasteiger partial charge in [-0.2, -0.15) is 13.2 Å². The Balaban J connectivity index is 0.00000267. The van der Waals surface area contributed by atoms with E-state index in [2.05, 4.69) is 16.0 Å². The summed E-state index contributed by atoms with van der Waals surface area (Å²) in [7, 11) is 1.29. The molecule has 0 bridgehead atoms. The summed E-state index contributed by atoms with van der Waals surface area (Å²) >= 11 is 6.04. The molecule has 0 spiro atoms. The van der Waals surface area contributed by atoms with E-state index in [1.165, 1.54) is 18.7 Å². The molecule has 0 aliphatic carbocycles. The van der Waals surface area contributed by atoms with E-state index in [0.717, 1.165) is 37.1 Å². The SMILES string of the molecule is COc1cc(C(=O)N2CCN(CCCc3cccnc3)C[C@H]2Cc2ccc(Cl)cc2)cc(C(F)(F)F)c1.Cl.Cl. The van der Waals surface area contributed by atoms with Crippen molar-refractivity contribution in [2.75, 3.05) is 33.3 Å². The zero-order chi connectivity index (χ0) is 26.4. The summed E-state index contributed by atoms with van der Waals surface area (Å²) in [4.78, 5) is 21.7. The maximum atomic E-state index is 13.6. The van der Waals surface area contributed by atoms with Crippen molar-refractivity contribution in [1.29, 1.82) is 0 Å². The number of pyridine rings is 1. The first-order valence-corrected chi connectivity index (χ1v) is 12.5. The molecule has 0 N–H and O–H groups in total. The van der Waals surface area contributed by atoms with E-state index >= 15 is 0 Å². The van der Waals surface area contributed by atoms with Crippen LogP contribution in [0.5, 0.6) is 5.75 Å². The van der Waals surface area contributed by atoms with Crippen LogP contribution in [-0.2, 0) is 19.0 Å². The van der Waals surface area contributed by atoms with Crippen LogP contribution >= 0.6 is 36.4 Å².